The zero-order valence-corrected chi connectivity index (χ0v) is 13.1. The molecule has 0 spiro atoms. The predicted molar refractivity (Wildman–Crippen MR) is 85.6 cm³/mol. The summed E-state index contributed by atoms with van der Waals surface area (Å²) in [6.45, 7) is 0. The van der Waals surface area contributed by atoms with E-state index in [0.717, 1.165) is 0 Å². The van der Waals surface area contributed by atoms with Gasteiger partial charge in [0.05, 0.1) is 24.8 Å². The highest BCUT2D eigenvalue weighted by Crippen LogP contribution is 2.30. The van der Waals surface area contributed by atoms with Gasteiger partial charge in [0.1, 0.15) is 17.1 Å². The van der Waals surface area contributed by atoms with Crippen LogP contribution in [0, 0.1) is 10.1 Å². The van der Waals surface area contributed by atoms with Crippen molar-refractivity contribution in [1.29, 1.82) is 0 Å². The molecular formula is C15H13ClN2O5. The lowest BCUT2D eigenvalue weighted by Crippen LogP contribution is -2.14. The van der Waals surface area contributed by atoms with Crippen LogP contribution in [0.25, 0.3) is 0 Å². The topological polar surface area (TPSA) is 90.7 Å². The van der Waals surface area contributed by atoms with E-state index in [2.05, 4.69) is 5.32 Å². The van der Waals surface area contributed by atoms with Gasteiger partial charge >= 0.3 is 0 Å². The van der Waals surface area contributed by atoms with E-state index in [1.165, 1.54) is 32.4 Å². The lowest BCUT2D eigenvalue weighted by atomic mass is 10.1. The van der Waals surface area contributed by atoms with Gasteiger partial charge in [-0.15, -0.1) is 0 Å². The molecule has 1 N–H and O–H groups in total. The Kier molecular flexibility index (Phi) is 5.02. The first kappa shape index (κ1) is 16.6. The molecule has 0 saturated heterocycles. The van der Waals surface area contributed by atoms with Crippen molar-refractivity contribution in [3.8, 4) is 11.5 Å². The molecule has 0 fully saturated rings. The minimum atomic E-state index is -0.664. The van der Waals surface area contributed by atoms with Crippen LogP contribution in [-0.4, -0.2) is 25.1 Å². The summed E-state index contributed by atoms with van der Waals surface area (Å²) < 4.78 is 10.2. The molecule has 8 heteroatoms. The van der Waals surface area contributed by atoms with Crippen LogP contribution >= 0.6 is 11.6 Å². The second-order valence-corrected chi connectivity index (χ2v) is 4.88. The highest BCUT2D eigenvalue weighted by molar-refractivity contribution is 6.31. The highest BCUT2D eigenvalue weighted by atomic mass is 35.5. The van der Waals surface area contributed by atoms with Crippen molar-refractivity contribution in [1.82, 2.24) is 0 Å². The van der Waals surface area contributed by atoms with Gasteiger partial charge in [-0.2, -0.15) is 0 Å². The van der Waals surface area contributed by atoms with Gasteiger partial charge in [0.25, 0.3) is 11.6 Å². The molecule has 1 amide bonds. The fourth-order valence-corrected chi connectivity index (χ4v) is 2.11. The number of amides is 1. The van der Waals surface area contributed by atoms with Crippen LogP contribution in [0.3, 0.4) is 0 Å². The van der Waals surface area contributed by atoms with E-state index in [9.17, 15) is 14.9 Å². The largest absolute Gasteiger partial charge is 0.497 e. The summed E-state index contributed by atoms with van der Waals surface area (Å²) >= 11 is 5.82. The molecule has 7 nitrogen and oxygen atoms in total. The number of hydrogen-bond donors (Lipinski definition) is 1. The van der Waals surface area contributed by atoms with E-state index in [1.807, 2.05) is 0 Å². The number of ether oxygens (including phenoxy) is 2. The molecule has 0 saturated carbocycles. The van der Waals surface area contributed by atoms with Crippen molar-refractivity contribution in [3.05, 3.63) is 57.1 Å². The first-order chi connectivity index (χ1) is 11.0. The number of nitro benzene ring substituents is 1. The van der Waals surface area contributed by atoms with Crippen LogP contribution in [0.5, 0.6) is 11.5 Å². The van der Waals surface area contributed by atoms with E-state index in [-0.39, 0.29) is 16.3 Å². The maximum absolute atomic E-state index is 12.4. The monoisotopic (exact) mass is 336 g/mol. The summed E-state index contributed by atoms with van der Waals surface area (Å²) in [6.07, 6.45) is 0. The Balaban J connectivity index is 2.36. The third-order valence-corrected chi connectivity index (χ3v) is 3.29. The molecule has 0 atom stereocenters. The summed E-state index contributed by atoms with van der Waals surface area (Å²) in [5.41, 5.74) is -0.118. The standard InChI is InChI=1S/C15H13ClN2O5/c1-22-10-4-5-12(14(8-10)23-2)17-15(19)11-7-9(16)3-6-13(11)18(20)21/h3-8H,1-2H3,(H,17,19). The third-order valence-electron chi connectivity index (χ3n) is 3.06. The Labute approximate surface area is 136 Å². The van der Waals surface area contributed by atoms with Crippen LogP contribution in [0.2, 0.25) is 5.02 Å². The van der Waals surface area contributed by atoms with Crippen molar-refractivity contribution < 1.29 is 19.2 Å². The molecular weight excluding hydrogens is 324 g/mol. The Hall–Kier alpha value is -2.80. The summed E-state index contributed by atoms with van der Waals surface area (Å²) in [5, 5.41) is 13.8. The van der Waals surface area contributed by atoms with Crippen molar-refractivity contribution >= 4 is 28.9 Å². The summed E-state index contributed by atoms with van der Waals surface area (Å²) in [5.74, 6) is 0.249. The van der Waals surface area contributed by atoms with Gasteiger partial charge in [-0.25, -0.2) is 0 Å². The number of nitrogens with zero attached hydrogens (tertiary/aromatic N) is 1. The Morgan fingerprint density at radius 3 is 2.52 bits per heavy atom. The van der Waals surface area contributed by atoms with Crippen LogP contribution in [0.4, 0.5) is 11.4 Å². The van der Waals surface area contributed by atoms with Gasteiger partial charge in [0.2, 0.25) is 0 Å². The summed E-state index contributed by atoms with van der Waals surface area (Å²) in [7, 11) is 2.94. The molecule has 0 bridgehead atoms. The third kappa shape index (κ3) is 3.70. The van der Waals surface area contributed by atoms with E-state index >= 15 is 0 Å². The van der Waals surface area contributed by atoms with Crippen LogP contribution < -0.4 is 14.8 Å². The molecule has 0 aliphatic rings. The second-order valence-electron chi connectivity index (χ2n) is 4.44. The molecule has 23 heavy (non-hydrogen) atoms. The van der Waals surface area contributed by atoms with Gasteiger partial charge in [-0.3, -0.25) is 14.9 Å². The fourth-order valence-electron chi connectivity index (χ4n) is 1.94. The zero-order chi connectivity index (χ0) is 17.0. The summed E-state index contributed by atoms with van der Waals surface area (Å²) in [6, 6.07) is 8.57. The van der Waals surface area contributed by atoms with Crippen molar-refractivity contribution in [2.24, 2.45) is 0 Å². The molecule has 2 aromatic carbocycles. The number of carbonyl (C=O) groups is 1. The average molecular weight is 337 g/mol. The first-order valence-corrected chi connectivity index (χ1v) is 6.81. The smallest absolute Gasteiger partial charge is 0.282 e. The maximum atomic E-state index is 12.4. The van der Waals surface area contributed by atoms with E-state index in [4.69, 9.17) is 21.1 Å². The second kappa shape index (κ2) is 6.97. The van der Waals surface area contributed by atoms with Crippen molar-refractivity contribution in [2.45, 2.75) is 0 Å². The first-order valence-electron chi connectivity index (χ1n) is 6.43. The van der Waals surface area contributed by atoms with Gasteiger partial charge in [-0.05, 0) is 24.3 Å². The summed E-state index contributed by atoms with van der Waals surface area (Å²) in [4.78, 5) is 22.7. The van der Waals surface area contributed by atoms with Gasteiger partial charge < -0.3 is 14.8 Å². The molecule has 0 heterocycles. The lowest BCUT2D eigenvalue weighted by Gasteiger charge is -2.12. The number of anilines is 1. The number of carbonyl (C=O) groups excluding carboxylic acids is 1. The number of nitro groups is 1. The number of nitrogens with one attached hydrogen (secondary N) is 1. The molecule has 0 unspecified atom stereocenters. The van der Waals surface area contributed by atoms with E-state index in [1.54, 1.807) is 18.2 Å². The van der Waals surface area contributed by atoms with Gasteiger partial charge in [0.15, 0.2) is 0 Å². The average Bonchev–Trinajstić information content (AvgIpc) is 2.54. The fraction of sp³-hybridized carbons (Fsp3) is 0.133. The maximum Gasteiger partial charge on any atom is 0.282 e. The number of methoxy groups -OCH3 is 2. The Morgan fingerprint density at radius 2 is 1.91 bits per heavy atom. The molecule has 0 aliphatic heterocycles. The van der Waals surface area contributed by atoms with Gasteiger partial charge in [-0.1, -0.05) is 11.6 Å². The highest BCUT2D eigenvalue weighted by Gasteiger charge is 2.21. The SMILES string of the molecule is COc1ccc(NC(=O)c2cc(Cl)ccc2[N+](=O)[O-])c(OC)c1. The lowest BCUT2D eigenvalue weighted by molar-refractivity contribution is -0.385. The Morgan fingerprint density at radius 1 is 1.17 bits per heavy atom. The van der Waals surface area contributed by atoms with Crippen LogP contribution in [-0.2, 0) is 0 Å². The molecule has 0 aromatic heterocycles. The minimum Gasteiger partial charge on any atom is -0.497 e. The molecule has 2 aromatic rings. The van der Waals surface area contributed by atoms with E-state index in [0.29, 0.717) is 17.2 Å². The molecule has 2 rings (SSSR count). The molecule has 0 radical (unpaired) electrons. The Bertz CT molecular complexity index is 764. The number of benzene rings is 2. The normalized spacial score (nSPS) is 10.0. The minimum absolute atomic E-state index is 0.139. The molecule has 120 valence electrons. The van der Waals surface area contributed by atoms with Crippen molar-refractivity contribution in [3.63, 3.8) is 0 Å². The van der Waals surface area contributed by atoms with E-state index < -0.39 is 10.8 Å². The van der Waals surface area contributed by atoms with Crippen molar-refractivity contribution in [2.75, 3.05) is 19.5 Å². The zero-order valence-electron chi connectivity index (χ0n) is 12.3. The number of rotatable bonds is 5. The van der Waals surface area contributed by atoms with Gasteiger partial charge in [0, 0.05) is 17.2 Å². The molecule has 0 aliphatic carbocycles. The number of hydrogen-bond acceptors (Lipinski definition) is 5. The van der Waals surface area contributed by atoms with Crippen LogP contribution in [0.15, 0.2) is 36.4 Å². The quantitative estimate of drug-likeness (QED) is 0.666. The number of halogens is 1. The van der Waals surface area contributed by atoms with Crippen LogP contribution in [0.1, 0.15) is 10.4 Å². The predicted octanol–water partition coefficient (Wildman–Crippen LogP) is 3.52.